The van der Waals surface area contributed by atoms with Crippen LogP contribution in [0.5, 0.6) is 5.75 Å². The average molecular weight is 318 g/mol. The number of hydrogen-bond donors (Lipinski definition) is 4. The van der Waals surface area contributed by atoms with E-state index in [2.05, 4.69) is 0 Å². The predicted molar refractivity (Wildman–Crippen MR) is 70.3 cm³/mol. The van der Waals surface area contributed by atoms with E-state index in [4.69, 9.17) is 20.7 Å². The third-order valence-electron chi connectivity index (χ3n) is 2.50. The summed E-state index contributed by atoms with van der Waals surface area (Å²) in [5.74, 6) is -2.34. The quantitative estimate of drug-likeness (QED) is 0.477. The highest BCUT2D eigenvalue weighted by atomic mass is 32.2. The molecule has 0 radical (unpaired) electrons. The lowest BCUT2D eigenvalue weighted by Crippen LogP contribution is -2.36. The summed E-state index contributed by atoms with van der Waals surface area (Å²) in [6.07, 6.45) is -1.88. The van der Waals surface area contributed by atoms with Crippen molar-refractivity contribution in [1.82, 2.24) is 4.72 Å². The number of benzene rings is 1. The van der Waals surface area contributed by atoms with Crippen LogP contribution in [0.4, 0.5) is 0 Å². The maximum Gasteiger partial charge on any atom is 0.333 e. The van der Waals surface area contributed by atoms with Gasteiger partial charge < -0.3 is 20.7 Å². The molecule has 0 aliphatic carbocycles. The fourth-order valence-corrected chi connectivity index (χ4v) is 2.47. The number of nitrogens with two attached hydrogens (primary N) is 1. The largest absolute Gasteiger partial charge is 0.496 e. The first-order valence-electron chi connectivity index (χ1n) is 5.57. The van der Waals surface area contributed by atoms with Gasteiger partial charge >= 0.3 is 5.97 Å². The van der Waals surface area contributed by atoms with Gasteiger partial charge in [-0.05, 0) is 18.2 Å². The number of carbonyl (C=O) groups excluding carboxylic acids is 1. The maximum atomic E-state index is 11.9. The van der Waals surface area contributed by atoms with Crippen molar-refractivity contribution in [2.75, 3.05) is 13.7 Å². The van der Waals surface area contributed by atoms with E-state index in [1.54, 1.807) is 0 Å². The van der Waals surface area contributed by atoms with Crippen LogP contribution < -0.4 is 15.2 Å². The van der Waals surface area contributed by atoms with Crippen molar-refractivity contribution in [2.24, 2.45) is 5.73 Å². The van der Waals surface area contributed by atoms with Crippen LogP contribution in [-0.4, -0.2) is 50.3 Å². The zero-order valence-corrected chi connectivity index (χ0v) is 11.8. The molecule has 10 heteroatoms. The Bertz CT molecular complexity index is 657. The highest BCUT2D eigenvalue weighted by Gasteiger charge is 2.21. The van der Waals surface area contributed by atoms with E-state index < -0.39 is 34.5 Å². The third kappa shape index (κ3) is 4.15. The molecule has 0 saturated heterocycles. The lowest BCUT2D eigenvalue weighted by atomic mass is 10.2. The standard InChI is InChI=1S/C11H14N2O7S/c1-20-9-3-2-6(4-7(9)10(12)15)21(18,19)13-5-8(14)11(16)17/h2-4,8,13-14H,5H2,1H3,(H2,12,15)(H,16,17)/t8-/m0/s1. The van der Waals surface area contributed by atoms with Crippen LogP contribution >= 0.6 is 0 Å². The first kappa shape index (κ1) is 16.9. The zero-order valence-electron chi connectivity index (χ0n) is 10.9. The second kappa shape index (κ2) is 6.52. The first-order chi connectivity index (χ1) is 9.69. The van der Waals surface area contributed by atoms with Gasteiger partial charge in [0, 0.05) is 6.54 Å². The minimum absolute atomic E-state index is 0.104. The average Bonchev–Trinajstić information content (AvgIpc) is 2.43. The van der Waals surface area contributed by atoms with E-state index in [0.717, 1.165) is 12.1 Å². The number of nitrogens with one attached hydrogen (secondary N) is 1. The SMILES string of the molecule is COc1ccc(S(=O)(=O)NC[C@H](O)C(=O)O)cc1C(N)=O. The molecule has 0 spiro atoms. The monoisotopic (exact) mass is 318 g/mol. The Balaban J connectivity index is 3.06. The minimum Gasteiger partial charge on any atom is -0.496 e. The number of sulfonamides is 1. The van der Waals surface area contributed by atoms with E-state index in [9.17, 15) is 18.0 Å². The highest BCUT2D eigenvalue weighted by Crippen LogP contribution is 2.21. The van der Waals surface area contributed by atoms with E-state index in [-0.39, 0.29) is 16.2 Å². The van der Waals surface area contributed by atoms with Crippen LogP contribution in [0.25, 0.3) is 0 Å². The summed E-state index contributed by atoms with van der Waals surface area (Å²) in [7, 11) is -2.82. The fourth-order valence-electron chi connectivity index (χ4n) is 1.41. The summed E-state index contributed by atoms with van der Waals surface area (Å²) in [5.41, 5.74) is 4.97. The second-order valence-corrected chi connectivity index (χ2v) is 5.70. The molecule has 0 aliphatic heterocycles. The second-order valence-electron chi connectivity index (χ2n) is 3.93. The van der Waals surface area contributed by atoms with E-state index in [1.165, 1.54) is 13.2 Å². The Kier molecular flexibility index (Phi) is 5.24. The van der Waals surface area contributed by atoms with Crippen molar-refractivity contribution in [3.63, 3.8) is 0 Å². The predicted octanol–water partition coefficient (Wildman–Crippen LogP) is -1.48. The topological polar surface area (TPSA) is 156 Å². The Hall–Kier alpha value is -2.17. The van der Waals surface area contributed by atoms with Crippen LogP contribution in [0.1, 0.15) is 10.4 Å². The Labute approximate surface area is 120 Å². The van der Waals surface area contributed by atoms with Gasteiger partial charge in [-0.3, -0.25) is 4.79 Å². The summed E-state index contributed by atoms with van der Waals surface area (Å²) in [6, 6.07) is 3.39. The third-order valence-corrected chi connectivity index (χ3v) is 3.92. The Morgan fingerprint density at radius 3 is 2.52 bits per heavy atom. The number of aliphatic hydroxyl groups is 1. The molecule has 0 saturated carbocycles. The lowest BCUT2D eigenvalue weighted by Gasteiger charge is -2.11. The normalized spacial score (nSPS) is 12.7. The fraction of sp³-hybridized carbons (Fsp3) is 0.273. The van der Waals surface area contributed by atoms with Crippen LogP contribution in [0.2, 0.25) is 0 Å². The van der Waals surface area contributed by atoms with Crippen molar-refractivity contribution in [2.45, 2.75) is 11.0 Å². The van der Waals surface area contributed by atoms with Gasteiger partial charge in [-0.15, -0.1) is 0 Å². The molecule has 0 heterocycles. The van der Waals surface area contributed by atoms with Gasteiger partial charge in [0.2, 0.25) is 10.0 Å². The number of carboxylic acids is 1. The molecule has 1 atom stereocenters. The van der Waals surface area contributed by atoms with Crippen LogP contribution in [0.15, 0.2) is 23.1 Å². The lowest BCUT2D eigenvalue weighted by molar-refractivity contribution is -0.146. The first-order valence-corrected chi connectivity index (χ1v) is 7.05. The smallest absolute Gasteiger partial charge is 0.333 e. The molecule has 0 fully saturated rings. The molecular formula is C11H14N2O7S. The summed E-state index contributed by atoms with van der Waals surface area (Å²) >= 11 is 0. The van der Waals surface area contributed by atoms with Crippen LogP contribution in [-0.2, 0) is 14.8 Å². The van der Waals surface area contributed by atoms with Crippen molar-refractivity contribution >= 4 is 21.9 Å². The summed E-state index contributed by atoms with van der Waals surface area (Å²) in [6.45, 7) is -0.713. The van der Waals surface area contributed by atoms with E-state index in [1.807, 2.05) is 4.72 Å². The Morgan fingerprint density at radius 1 is 1.43 bits per heavy atom. The molecule has 9 nitrogen and oxygen atoms in total. The number of carbonyl (C=O) groups is 2. The molecular weight excluding hydrogens is 304 g/mol. The summed E-state index contributed by atoms with van der Waals surface area (Å²) in [5, 5.41) is 17.5. The molecule has 0 aromatic heterocycles. The van der Waals surface area contributed by atoms with E-state index >= 15 is 0 Å². The Morgan fingerprint density at radius 2 is 2.05 bits per heavy atom. The number of primary amides is 1. The number of carboxylic acid groups (broad SMARTS) is 1. The molecule has 116 valence electrons. The highest BCUT2D eigenvalue weighted by molar-refractivity contribution is 7.89. The number of aliphatic carboxylic acids is 1. The molecule has 0 bridgehead atoms. The zero-order chi connectivity index (χ0) is 16.2. The van der Waals surface area contributed by atoms with Gasteiger partial charge in [0.05, 0.1) is 17.6 Å². The molecule has 1 aromatic rings. The number of hydrogen-bond acceptors (Lipinski definition) is 6. The molecule has 1 aromatic carbocycles. The number of amides is 1. The number of methoxy groups -OCH3 is 1. The molecule has 1 rings (SSSR count). The van der Waals surface area contributed by atoms with Gasteiger partial charge in [-0.1, -0.05) is 0 Å². The number of rotatable bonds is 7. The van der Waals surface area contributed by atoms with Gasteiger partial charge in [0.1, 0.15) is 5.75 Å². The maximum absolute atomic E-state index is 11.9. The minimum atomic E-state index is -4.11. The summed E-state index contributed by atoms with van der Waals surface area (Å²) < 4.78 is 30.6. The molecule has 1 amide bonds. The number of ether oxygens (including phenoxy) is 1. The number of aliphatic hydroxyl groups excluding tert-OH is 1. The molecule has 0 unspecified atom stereocenters. The van der Waals surface area contributed by atoms with Gasteiger partial charge in [0.25, 0.3) is 5.91 Å². The molecule has 0 aliphatic rings. The van der Waals surface area contributed by atoms with Gasteiger partial charge in [-0.25, -0.2) is 17.9 Å². The van der Waals surface area contributed by atoms with Crippen molar-refractivity contribution in [1.29, 1.82) is 0 Å². The van der Waals surface area contributed by atoms with Crippen LogP contribution in [0, 0.1) is 0 Å². The van der Waals surface area contributed by atoms with Gasteiger partial charge in [0.15, 0.2) is 6.10 Å². The van der Waals surface area contributed by atoms with E-state index in [0.29, 0.717) is 0 Å². The summed E-state index contributed by atoms with van der Waals surface area (Å²) in [4.78, 5) is 21.3. The van der Waals surface area contributed by atoms with Crippen molar-refractivity contribution in [3.8, 4) is 5.75 Å². The molecule has 21 heavy (non-hydrogen) atoms. The van der Waals surface area contributed by atoms with Crippen molar-refractivity contribution < 1.29 is 33.0 Å². The van der Waals surface area contributed by atoms with Crippen molar-refractivity contribution in [3.05, 3.63) is 23.8 Å². The molecule has 5 N–H and O–H groups in total. The van der Waals surface area contributed by atoms with Crippen LogP contribution in [0.3, 0.4) is 0 Å². The van der Waals surface area contributed by atoms with Gasteiger partial charge in [-0.2, -0.15) is 0 Å².